The minimum Gasteiger partial charge on any atom is -0.298 e. The molecule has 0 atom stereocenters. The smallest absolute Gasteiger partial charge is 0.260 e. The lowest BCUT2D eigenvalue weighted by atomic mass is 10.1. The molecule has 0 radical (unpaired) electrons. The first kappa shape index (κ1) is 15.1. The van der Waals surface area contributed by atoms with Crippen molar-refractivity contribution in [2.45, 2.75) is 13.8 Å². The van der Waals surface area contributed by atoms with Gasteiger partial charge in [0.1, 0.15) is 5.82 Å². The Balaban J connectivity index is 1.93. The van der Waals surface area contributed by atoms with Gasteiger partial charge in [-0.25, -0.2) is 9.37 Å². The quantitative estimate of drug-likeness (QED) is 0.769. The van der Waals surface area contributed by atoms with Crippen molar-refractivity contribution in [1.29, 1.82) is 5.26 Å². The average Bonchev–Trinajstić information content (AvgIpc) is 2.95. The number of carbonyl (C=O) groups excluding carboxylic acids is 1. The number of amides is 1. The summed E-state index contributed by atoms with van der Waals surface area (Å²) in [6.45, 7) is 3.93. The van der Waals surface area contributed by atoms with E-state index in [2.05, 4.69) is 10.3 Å². The van der Waals surface area contributed by atoms with Crippen LogP contribution in [0.25, 0.3) is 10.2 Å². The number of aromatic nitrogens is 1. The van der Waals surface area contributed by atoms with Crippen LogP contribution in [0.4, 0.5) is 9.52 Å². The van der Waals surface area contributed by atoms with E-state index in [1.165, 1.54) is 23.5 Å². The van der Waals surface area contributed by atoms with Gasteiger partial charge < -0.3 is 0 Å². The molecule has 0 bridgehead atoms. The van der Waals surface area contributed by atoms with E-state index in [0.717, 1.165) is 27.4 Å². The first-order valence-electron chi connectivity index (χ1n) is 6.87. The first-order valence-corrected chi connectivity index (χ1v) is 7.69. The number of aryl methyl sites for hydroxylation is 2. The molecule has 0 aliphatic rings. The number of nitrogens with one attached hydrogen (secondary N) is 1. The van der Waals surface area contributed by atoms with Crippen LogP contribution in [0.3, 0.4) is 0 Å². The molecule has 0 spiro atoms. The van der Waals surface area contributed by atoms with E-state index in [1.807, 2.05) is 32.0 Å². The lowest BCUT2D eigenvalue weighted by molar-refractivity contribution is 0.102. The van der Waals surface area contributed by atoms with Crippen LogP contribution < -0.4 is 5.32 Å². The van der Waals surface area contributed by atoms with Gasteiger partial charge in [0.25, 0.3) is 5.91 Å². The number of hydrogen-bond acceptors (Lipinski definition) is 4. The maximum atomic E-state index is 13.9. The van der Waals surface area contributed by atoms with Crippen LogP contribution in [0.1, 0.15) is 27.0 Å². The van der Waals surface area contributed by atoms with Crippen LogP contribution >= 0.6 is 11.3 Å². The summed E-state index contributed by atoms with van der Waals surface area (Å²) in [4.78, 5) is 16.6. The summed E-state index contributed by atoms with van der Waals surface area (Å²) in [7, 11) is 0. The molecular formula is C17H12FN3OS. The molecule has 3 aromatic rings. The Bertz CT molecular complexity index is 933. The number of carbonyl (C=O) groups is 1. The zero-order valence-electron chi connectivity index (χ0n) is 12.5. The maximum absolute atomic E-state index is 13.9. The molecule has 2 aromatic carbocycles. The molecule has 23 heavy (non-hydrogen) atoms. The van der Waals surface area contributed by atoms with Gasteiger partial charge in [0.05, 0.1) is 27.4 Å². The Morgan fingerprint density at radius 2 is 2.00 bits per heavy atom. The Hall–Kier alpha value is -2.78. The van der Waals surface area contributed by atoms with Gasteiger partial charge in [-0.3, -0.25) is 10.1 Å². The Labute approximate surface area is 136 Å². The molecule has 1 amide bonds. The summed E-state index contributed by atoms with van der Waals surface area (Å²) in [6.07, 6.45) is 0. The second kappa shape index (κ2) is 5.78. The molecular weight excluding hydrogens is 313 g/mol. The van der Waals surface area contributed by atoms with Gasteiger partial charge in [-0.15, -0.1) is 0 Å². The molecule has 3 rings (SSSR count). The summed E-state index contributed by atoms with van der Waals surface area (Å²) >= 11 is 1.36. The van der Waals surface area contributed by atoms with Crippen molar-refractivity contribution in [2.75, 3.05) is 5.32 Å². The SMILES string of the molecule is Cc1ccc(C)c2sc(NC(=O)c3ccc(C#N)cc3F)nc12. The van der Waals surface area contributed by atoms with E-state index < -0.39 is 11.7 Å². The third kappa shape index (κ3) is 2.79. The zero-order valence-corrected chi connectivity index (χ0v) is 13.3. The average molecular weight is 325 g/mol. The highest BCUT2D eigenvalue weighted by Gasteiger charge is 2.15. The number of nitriles is 1. The molecule has 114 valence electrons. The van der Waals surface area contributed by atoms with Crippen molar-refractivity contribution in [3.05, 3.63) is 58.4 Å². The summed E-state index contributed by atoms with van der Waals surface area (Å²) in [5, 5.41) is 11.8. The van der Waals surface area contributed by atoms with Crippen molar-refractivity contribution in [3.63, 3.8) is 0 Å². The van der Waals surface area contributed by atoms with E-state index in [-0.39, 0.29) is 11.1 Å². The number of halogens is 1. The Morgan fingerprint density at radius 1 is 1.26 bits per heavy atom. The van der Waals surface area contributed by atoms with Crippen molar-refractivity contribution in [2.24, 2.45) is 0 Å². The van der Waals surface area contributed by atoms with Crippen LogP contribution in [-0.4, -0.2) is 10.9 Å². The van der Waals surface area contributed by atoms with Gasteiger partial charge in [0.15, 0.2) is 5.13 Å². The molecule has 0 saturated heterocycles. The molecule has 0 aliphatic heterocycles. The van der Waals surface area contributed by atoms with E-state index in [1.54, 1.807) is 0 Å². The van der Waals surface area contributed by atoms with Crippen molar-refractivity contribution < 1.29 is 9.18 Å². The van der Waals surface area contributed by atoms with Gasteiger partial charge in [0.2, 0.25) is 0 Å². The van der Waals surface area contributed by atoms with E-state index in [9.17, 15) is 9.18 Å². The second-order valence-electron chi connectivity index (χ2n) is 5.16. The van der Waals surface area contributed by atoms with Crippen LogP contribution in [-0.2, 0) is 0 Å². The summed E-state index contributed by atoms with van der Waals surface area (Å²) in [6, 6.07) is 9.56. The molecule has 0 unspecified atom stereocenters. The molecule has 1 N–H and O–H groups in total. The van der Waals surface area contributed by atoms with Crippen LogP contribution in [0.5, 0.6) is 0 Å². The van der Waals surface area contributed by atoms with Gasteiger partial charge in [-0.2, -0.15) is 5.26 Å². The number of rotatable bonds is 2. The second-order valence-corrected chi connectivity index (χ2v) is 6.16. The highest BCUT2D eigenvalue weighted by molar-refractivity contribution is 7.22. The van der Waals surface area contributed by atoms with Crippen molar-refractivity contribution in [3.8, 4) is 6.07 Å². The normalized spacial score (nSPS) is 10.5. The number of benzene rings is 2. The molecule has 1 aromatic heterocycles. The molecule has 6 heteroatoms. The summed E-state index contributed by atoms with van der Waals surface area (Å²) in [5.41, 5.74) is 2.99. The first-order chi connectivity index (χ1) is 11.0. The predicted octanol–water partition coefficient (Wildman–Crippen LogP) is 4.18. The third-order valence-corrected chi connectivity index (χ3v) is 4.61. The topological polar surface area (TPSA) is 65.8 Å². The minimum atomic E-state index is -0.727. The largest absolute Gasteiger partial charge is 0.298 e. The molecule has 4 nitrogen and oxygen atoms in total. The fraction of sp³-hybridized carbons (Fsp3) is 0.118. The molecule has 1 heterocycles. The van der Waals surface area contributed by atoms with Gasteiger partial charge in [-0.1, -0.05) is 23.5 Å². The summed E-state index contributed by atoms with van der Waals surface area (Å²) < 4.78 is 14.9. The number of thiazole rings is 1. The number of nitrogens with zero attached hydrogens (tertiary/aromatic N) is 2. The molecule has 0 saturated carbocycles. The van der Waals surface area contributed by atoms with E-state index in [4.69, 9.17) is 5.26 Å². The number of fused-ring (bicyclic) bond motifs is 1. The third-order valence-electron chi connectivity index (χ3n) is 3.51. The fourth-order valence-corrected chi connectivity index (χ4v) is 3.25. The highest BCUT2D eigenvalue weighted by atomic mass is 32.1. The van der Waals surface area contributed by atoms with Gasteiger partial charge in [0, 0.05) is 0 Å². The zero-order chi connectivity index (χ0) is 16.6. The number of anilines is 1. The Morgan fingerprint density at radius 3 is 2.65 bits per heavy atom. The lowest BCUT2D eigenvalue weighted by Gasteiger charge is -2.03. The minimum absolute atomic E-state index is 0.114. The summed E-state index contributed by atoms with van der Waals surface area (Å²) in [5.74, 6) is -1.31. The number of hydrogen-bond donors (Lipinski definition) is 1. The van der Waals surface area contributed by atoms with Crippen LogP contribution in [0.15, 0.2) is 30.3 Å². The van der Waals surface area contributed by atoms with Crippen molar-refractivity contribution >= 4 is 32.6 Å². The fourth-order valence-electron chi connectivity index (χ4n) is 2.25. The maximum Gasteiger partial charge on any atom is 0.260 e. The van der Waals surface area contributed by atoms with Crippen LogP contribution in [0.2, 0.25) is 0 Å². The van der Waals surface area contributed by atoms with Crippen LogP contribution in [0, 0.1) is 31.0 Å². The predicted molar refractivity (Wildman–Crippen MR) is 88.2 cm³/mol. The Kier molecular flexibility index (Phi) is 3.80. The molecule has 0 aliphatic carbocycles. The lowest BCUT2D eigenvalue weighted by Crippen LogP contribution is -2.13. The highest BCUT2D eigenvalue weighted by Crippen LogP contribution is 2.31. The van der Waals surface area contributed by atoms with Gasteiger partial charge >= 0.3 is 0 Å². The van der Waals surface area contributed by atoms with E-state index in [0.29, 0.717) is 5.13 Å². The monoisotopic (exact) mass is 325 g/mol. The molecule has 0 fully saturated rings. The van der Waals surface area contributed by atoms with Crippen molar-refractivity contribution in [1.82, 2.24) is 4.98 Å². The standard InChI is InChI=1S/C17H12FN3OS/c1-9-3-4-10(2)15-14(9)20-17(23-15)21-16(22)12-6-5-11(8-19)7-13(12)18/h3-7H,1-2H3,(H,20,21,22). The van der Waals surface area contributed by atoms with E-state index >= 15 is 0 Å². The van der Waals surface area contributed by atoms with Gasteiger partial charge in [-0.05, 0) is 43.2 Å².